The van der Waals surface area contributed by atoms with Crippen LogP contribution in [-0.4, -0.2) is 45.0 Å². The third-order valence-electron chi connectivity index (χ3n) is 4.00. The highest BCUT2D eigenvalue weighted by molar-refractivity contribution is 5.88. The number of benzene rings is 2. The molecule has 5 nitrogen and oxygen atoms in total. The van der Waals surface area contributed by atoms with Crippen LogP contribution >= 0.6 is 0 Å². The van der Waals surface area contributed by atoms with Crippen molar-refractivity contribution in [2.45, 2.75) is 52.4 Å². The maximum absolute atomic E-state index is 10.6. The van der Waals surface area contributed by atoms with Crippen molar-refractivity contribution in [2.24, 2.45) is 0 Å². The molecule has 0 atom stereocenters. The molecule has 6 heteroatoms. The van der Waals surface area contributed by atoms with Gasteiger partial charge < -0.3 is 15.7 Å². The lowest BCUT2D eigenvalue weighted by Gasteiger charge is -2.18. The Labute approximate surface area is 177 Å². The molecule has 2 aromatic rings. The van der Waals surface area contributed by atoms with E-state index in [1.807, 2.05) is 24.3 Å². The van der Waals surface area contributed by atoms with Crippen molar-refractivity contribution >= 4 is 29.3 Å². The lowest BCUT2D eigenvalue weighted by molar-refractivity contribution is 0.0686. The first-order valence-electron chi connectivity index (χ1n) is 8.50. The van der Waals surface area contributed by atoms with E-state index in [1.54, 1.807) is 24.3 Å². The van der Waals surface area contributed by atoms with Crippen LogP contribution in [0.1, 0.15) is 73.4 Å². The predicted molar refractivity (Wildman–Crippen MR) is 116 cm³/mol. The van der Waals surface area contributed by atoms with Gasteiger partial charge in [-0.15, -0.1) is 0 Å². The van der Waals surface area contributed by atoms with E-state index < -0.39 is 11.9 Å². The Morgan fingerprint density at radius 3 is 0.964 bits per heavy atom. The van der Waals surface area contributed by atoms with Crippen molar-refractivity contribution in [1.82, 2.24) is 0 Å². The normalized spacial score (nSPS) is 10.5. The second-order valence-electron chi connectivity index (χ2n) is 8.27. The fraction of sp³-hybridized carbons (Fsp3) is 0.364. The maximum atomic E-state index is 10.6. The fourth-order valence-electron chi connectivity index (χ4n) is 2.23. The van der Waals surface area contributed by atoms with Crippen LogP contribution < -0.4 is 0 Å². The Bertz CT molecular complexity index is 684. The van der Waals surface area contributed by atoms with Crippen molar-refractivity contribution in [1.29, 1.82) is 0 Å². The molecule has 0 fully saturated rings. The highest BCUT2D eigenvalue weighted by Gasteiger charge is 2.14. The first-order chi connectivity index (χ1) is 11.8. The molecule has 2 rings (SSSR count). The van der Waals surface area contributed by atoms with Crippen molar-refractivity contribution in [3.05, 3.63) is 70.8 Å². The SMILES string of the molecule is CC(C)(C)c1ccc(C(=O)O)cc1.CC(C)(C)c1ccc(C(=O)O)cc1.O.[AlH2]. The van der Waals surface area contributed by atoms with Crippen LogP contribution in [0.4, 0.5) is 0 Å². The van der Waals surface area contributed by atoms with Crippen LogP contribution in [0, 0.1) is 0 Å². The van der Waals surface area contributed by atoms with Gasteiger partial charge in [-0.3, -0.25) is 0 Å². The first-order valence-corrected chi connectivity index (χ1v) is 8.50. The van der Waals surface area contributed by atoms with Crippen molar-refractivity contribution in [3.8, 4) is 0 Å². The number of rotatable bonds is 2. The number of hydrogen-bond acceptors (Lipinski definition) is 2. The van der Waals surface area contributed by atoms with Gasteiger partial charge in [-0.2, -0.15) is 0 Å². The van der Waals surface area contributed by atoms with E-state index in [-0.39, 0.29) is 33.7 Å². The summed E-state index contributed by atoms with van der Waals surface area (Å²) in [7, 11) is 0. The van der Waals surface area contributed by atoms with Crippen LogP contribution in [0.15, 0.2) is 48.5 Å². The molecule has 0 saturated heterocycles. The molecule has 0 aliphatic heterocycles. The summed E-state index contributed by atoms with van der Waals surface area (Å²) in [5.41, 5.74) is 3.14. The van der Waals surface area contributed by atoms with E-state index in [4.69, 9.17) is 10.2 Å². The summed E-state index contributed by atoms with van der Waals surface area (Å²) in [4.78, 5) is 21.1. The number of carboxylic acid groups (broad SMARTS) is 2. The zero-order chi connectivity index (χ0) is 20.1. The second-order valence-corrected chi connectivity index (χ2v) is 8.27. The van der Waals surface area contributed by atoms with Gasteiger partial charge in [-0.25, -0.2) is 9.59 Å². The zero-order valence-corrected chi connectivity index (χ0v) is 19.8. The summed E-state index contributed by atoms with van der Waals surface area (Å²) < 4.78 is 0. The highest BCUT2D eigenvalue weighted by atomic mass is 27.0. The Hall–Kier alpha value is -2.13. The van der Waals surface area contributed by atoms with E-state index in [1.165, 1.54) is 0 Å². The lowest BCUT2D eigenvalue weighted by atomic mass is 9.87. The Balaban J connectivity index is 0. The van der Waals surface area contributed by atoms with E-state index in [9.17, 15) is 9.59 Å². The van der Waals surface area contributed by atoms with Gasteiger partial charge in [0, 0.05) is 0 Å². The molecule has 0 aliphatic carbocycles. The molecule has 1 radical (unpaired) electrons. The quantitative estimate of drug-likeness (QED) is 0.747. The van der Waals surface area contributed by atoms with E-state index in [2.05, 4.69) is 41.5 Å². The standard InChI is InChI=1S/2C11H14O2.Al.H2O.2H/c2*1-11(2,3)9-6-4-8(5-7-9)10(12)13;;;;/h2*4-7H,1-3H3,(H,12,13);;1H2;;. The van der Waals surface area contributed by atoms with E-state index in [0.29, 0.717) is 11.1 Å². The molecule has 4 N–H and O–H groups in total. The van der Waals surface area contributed by atoms with Gasteiger partial charge in [0.15, 0.2) is 0 Å². The molecule has 0 spiro atoms. The Morgan fingerprint density at radius 2 is 0.821 bits per heavy atom. The van der Waals surface area contributed by atoms with Gasteiger partial charge in [-0.1, -0.05) is 65.8 Å². The average molecular weight is 403 g/mol. The monoisotopic (exact) mass is 403 g/mol. The average Bonchev–Trinajstić information content (AvgIpc) is 2.54. The second kappa shape index (κ2) is 11.0. The minimum absolute atomic E-state index is 0. The summed E-state index contributed by atoms with van der Waals surface area (Å²) in [5, 5.41) is 17.4. The molecular formula is C22H32AlO5. The molecule has 0 heterocycles. The third kappa shape index (κ3) is 8.71. The van der Waals surface area contributed by atoms with Gasteiger partial charge in [0.1, 0.15) is 17.4 Å². The summed E-state index contributed by atoms with van der Waals surface area (Å²) >= 11 is 0. The Kier molecular flexibility index (Phi) is 11.0. The number of carbonyl (C=O) groups is 2. The van der Waals surface area contributed by atoms with Gasteiger partial charge in [0.05, 0.1) is 11.1 Å². The highest BCUT2D eigenvalue weighted by Crippen LogP contribution is 2.22. The van der Waals surface area contributed by atoms with Crippen LogP contribution in [0.5, 0.6) is 0 Å². The lowest BCUT2D eigenvalue weighted by Crippen LogP contribution is -2.11. The van der Waals surface area contributed by atoms with Crippen molar-refractivity contribution in [3.63, 3.8) is 0 Å². The van der Waals surface area contributed by atoms with Crippen molar-refractivity contribution in [2.75, 3.05) is 0 Å². The maximum Gasteiger partial charge on any atom is 0.335 e. The molecule has 28 heavy (non-hydrogen) atoms. The topological polar surface area (TPSA) is 106 Å². The first kappa shape index (κ1) is 28.1. The number of hydrogen-bond donors (Lipinski definition) is 2. The zero-order valence-electron chi connectivity index (χ0n) is 17.8. The van der Waals surface area contributed by atoms with Gasteiger partial charge in [0.25, 0.3) is 0 Å². The minimum Gasteiger partial charge on any atom is -0.478 e. The van der Waals surface area contributed by atoms with E-state index >= 15 is 0 Å². The predicted octanol–water partition coefficient (Wildman–Crippen LogP) is 3.62. The van der Waals surface area contributed by atoms with Crippen LogP contribution in [0.25, 0.3) is 0 Å². The minimum atomic E-state index is -0.875. The number of carboxylic acids is 2. The molecule has 0 unspecified atom stereocenters. The summed E-state index contributed by atoms with van der Waals surface area (Å²) in [6.07, 6.45) is 0. The molecule has 0 amide bonds. The third-order valence-corrected chi connectivity index (χ3v) is 4.00. The number of aromatic carboxylic acids is 2. The smallest absolute Gasteiger partial charge is 0.335 e. The molecule has 2 aromatic carbocycles. The fourth-order valence-corrected chi connectivity index (χ4v) is 2.23. The van der Waals surface area contributed by atoms with Crippen LogP contribution in [0.3, 0.4) is 0 Å². The largest absolute Gasteiger partial charge is 0.478 e. The summed E-state index contributed by atoms with van der Waals surface area (Å²) in [6, 6.07) is 14.0. The van der Waals surface area contributed by atoms with Gasteiger partial charge in [0.2, 0.25) is 0 Å². The van der Waals surface area contributed by atoms with Crippen molar-refractivity contribution < 1.29 is 25.3 Å². The molecule has 0 aromatic heterocycles. The molecule has 0 saturated carbocycles. The molecule has 0 aliphatic rings. The summed E-state index contributed by atoms with van der Waals surface area (Å²) in [5.74, 6) is -1.75. The van der Waals surface area contributed by atoms with Gasteiger partial charge >= 0.3 is 11.9 Å². The Morgan fingerprint density at radius 1 is 0.607 bits per heavy atom. The van der Waals surface area contributed by atoms with Crippen LogP contribution in [0.2, 0.25) is 0 Å². The van der Waals surface area contributed by atoms with Crippen LogP contribution in [-0.2, 0) is 10.8 Å². The molecular weight excluding hydrogens is 371 g/mol. The molecule has 0 bridgehead atoms. The van der Waals surface area contributed by atoms with E-state index in [0.717, 1.165) is 11.1 Å². The molecule has 153 valence electrons. The van der Waals surface area contributed by atoms with Gasteiger partial charge in [-0.05, 0) is 46.2 Å². The summed E-state index contributed by atoms with van der Waals surface area (Å²) in [6.45, 7) is 12.6.